The molecule has 196 valence electrons. The van der Waals surface area contributed by atoms with Crippen LogP contribution in [0.2, 0.25) is 0 Å². The zero-order valence-corrected chi connectivity index (χ0v) is 19.4. The molecule has 0 saturated carbocycles. The van der Waals surface area contributed by atoms with Gasteiger partial charge in [-0.2, -0.15) is 41.3 Å². The van der Waals surface area contributed by atoms with Gasteiger partial charge in [-0.1, -0.05) is 0 Å². The SMILES string of the molecule is CC(NCc1cc(C(F)(F)F)cc(C(F)(F)F)c1)c1nc(N2CCOCC2)nn1-c1ccc(C#N)cn1. The Morgan fingerprint density at radius 1 is 1.05 bits per heavy atom. The van der Waals surface area contributed by atoms with Crippen molar-refractivity contribution >= 4 is 5.95 Å². The molecule has 37 heavy (non-hydrogen) atoms. The van der Waals surface area contributed by atoms with E-state index in [2.05, 4.69) is 20.4 Å². The maximum Gasteiger partial charge on any atom is 0.416 e. The summed E-state index contributed by atoms with van der Waals surface area (Å²) in [5, 5.41) is 16.5. The van der Waals surface area contributed by atoms with E-state index in [1.54, 1.807) is 19.1 Å². The summed E-state index contributed by atoms with van der Waals surface area (Å²) in [6, 6.07) is 5.88. The number of pyridine rings is 1. The first kappa shape index (κ1) is 26.4. The monoisotopic (exact) mass is 525 g/mol. The topological polar surface area (TPSA) is 91.9 Å². The van der Waals surface area contributed by atoms with E-state index < -0.39 is 29.5 Å². The van der Waals surface area contributed by atoms with Crippen molar-refractivity contribution in [1.29, 1.82) is 5.26 Å². The number of ether oxygens (including phenoxy) is 1. The van der Waals surface area contributed by atoms with Gasteiger partial charge in [0.25, 0.3) is 0 Å². The molecule has 1 unspecified atom stereocenters. The van der Waals surface area contributed by atoms with Crippen LogP contribution in [0.5, 0.6) is 0 Å². The highest BCUT2D eigenvalue weighted by Crippen LogP contribution is 2.36. The van der Waals surface area contributed by atoms with Gasteiger partial charge in [0, 0.05) is 25.8 Å². The number of aromatic nitrogens is 4. The summed E-state index contributed by atoms with van der Waals surface area (Å²) in [4.78, 5) is 10.7. The molecule has 0 bridgehead atoms. The van der Waals surface area contributed by atoms with E-state index in [9.17, 15) is 26.3 Å². The quantitative estimate of drug-likeness (QED) is 0.481. The molecule has 3 aromatic rings. The molecule has 0 aliphatic carbocycles. The second-order valence-corrected chi connectivity index (χ2v) is 8.31. The standard InChI is InChI=1S/C23H21F6N7O/c1-14(31-13-16-8-17(22(24,25)26)10-18(9-16)23(27,28)29)20-33-21(35-4-6-37-7-5-35)34-36(20)19-3-2-15(11-30)12-32-19/h2-3,8-10,12,14,31H,4-7,13H2,1H3. The number of alkyl halides is 6. The highest BCUT2D eigenvalue weighted by atomic mass is 19.4. The number of rotatable bonds is 6. The second kappa shape index (κ2) is 10.3. The summed E-state index contributed by atoms with van der Waals surface area (Å²) < 4.78 is 86.1. The minimum Gasteiger partial charge on any atom is -0.378 e. The zero-order chi connectivity index (χ0) is 26.8. The summed E-state index contributed by atoms with van der Waals surface area (Å²) >= 11 is 0. The third kappa shape index (κ3) is 6.17. The maximum absolute atomic E-state index is 13.2. The first-order valence-electron chi connectivity index (χ1n) is 11.1. The molecule has 1 atom stereocenters. The van der Waals surface area contributed by atoms with E-state index in [1.165, 1.54) is 10.9 Å². The van der Waals surface area contributed by atoms with Gasteiger partial charge in [-0.3, -0.25) is 0 Å². The fourth-order valence-electron chi connectivity index (χ4n) is 3.72. The van der Waals surface area contributed by atoms with E-state index in [0.29, 0.717) is 61.6 Å². The Kier molecular flexibility index (Phi) is 7.37. The molecule has 14 heteroatoms. The fourth-order valence-corrected chi connectivity index (χ4v) is 3.72. The van der Waals surface area contributed by atoms with Gasteiger partial charge >= 0.3 is 12.4 Å². The number of hydrogen-bond acceptors (Lipinski definition) is 7. The summed E-state index contributed by atoms with van der Waals surface area (Å²) in [6.45, 7) is 3.39. The van der Waals surface area contributed by atoms with Crippen LogP contribution in [0.15, 0.2) is 36.5 Å². The molecule has 4 rings (SSSR count). The minimum absolute atomic E-state index is 0.0920. The van der Waals surface area contributed by atoms with Crippen molar-refractivity contribution in [3.05, 3.63) is 64.6 Å². The average molecular weight is 525 g/mol. The fraction of sp³-hybridized carbons (Fsp3) is 0.391. The normalized spacial score (nSPS) is 15.5. The summed E-state index contributed by atoms with van der Waals surface area (Å²) in [7, 11) is 0. The van der Waals surface area contributed by atoms with Gasteiger partial charge in [0.1, 0.15) is 6.07 Å². The third-order valence-corrected chi connectivity index (χ3v) is 5.66. The molecule has 1 saturated heterocycles. The number of anilines is 1. The van der Waals surface area contributed by atoms with E-state index in [0.717, 1.165) is 0 Å². The van der Waals surface area contributed by atoms with E-state index in [4.69, 9.17) is 10.00 Å². The lowest BCUT2D eigenvalue weighted by molar-refractivity contribution is -0.143. The number of nitrogens with zero attached hydrogens (tertiary/aromatic N) is 6. The number of nitrogens with one attached hydrogen (secondary N) is 1. The Hall–Kier alpha value is -3.70. The van der Waals surface area contributed by atoms with Crippen LogP contribution in [0.3, 0.4) is 0 Å². The molecule has 1 aliphatic heterocycles. The van der Waals surface area contributed by atoms with Crippen LogP contribution in [0.1, 0.15) is 41.0 Å². The molecule has 0 spiro atoms. The summed E-state index contributed by atoms with van der Waals surface area (Å²) in [5.74, 6) is 1.05. The molecular weight excluding hydrogens is 504 g/mol. The Morgan fingerprint density at radius 2 is 1.70 bits per heavy atom. The van der Waals surface area contributed by atoms with Crippen molar-refractivity contribution in [2.24, 2.45) is 0 Å². The van der Waals surface area contributed by atoms with Gasteiger partial charge in [-0.25, -0.2) is 4.98 Å². The highest BCUT2D eigenvalue weighted by molar-refractivity contribution is 5.37. The van der Waals surface area contributed by atoms with Gasteiger partial charge in [0.05, 0.1) is 35.9 Å². The molecule has 1 aliphatic rings. The predicted molar refractivity (Wildman–Crippen MR) is 119 cm³/mol. The smallest absolute Gasteiger partial charge is 0.378 e. The lowest BCUT2D eigenvalue weighted by Crippen LogP contribution is -2.37. The Morgan fingerprint density at radius 3 is 2.24 bits per heavy atom. The Labute approximate surface area is 207 Å². The number of hydrogen-bond donors (Lipinski definition) is 1. The van der Waals surface area contributed by atoms with Gasteiger partial charge < -0.3 is 15.0 Å². The number of halogens is 6. The second-order valence-electron chi connectivity index (χ2n) is 8.31. The summed E-state index contributed by atoms with van der Waals surface area (Å²) in [5.41, 5.74) is -2.63. The molecule has 0 amide bonds. The molecular formula is C23H21F6N7O. The van der Waals surface area contributed by atoms with Gasteiger partial charge in [0.15, 0.2) is 11.6 Å². The molecule has 2 aromatic heterocycles. The maximum atomic E-state index is 13.2. The molecule has 0 radical (unpaired) electrons. The van der Waals surface area contributed by atoms with Crippen molar-refractivity contribution in [3.63, 3.8) is 0 Å². The van der Waals surface area contributed by atoms with Crippen LogP contribution in [-0.2, 0) is 23.6 Å². The van der Waals surface area contributed by atoms with Gasteiger partial charge in [-0.15, -0.1) is 5.10 Å². The van der Waals surface area contributed by atoms with E-state index >= 15 is 0 Å². The minimum atomic E-state index is -4.93. The lowest BCUT2D eigenvalue weighted by Gasteiger charge is -2.25. The molecule has 1 N–H and O–H groups in total. The van der Waals surface area contributed by atoms with Crippen LogP contribution in [0.4, 0.5) is 32.3 Å². The highest BCUT2D eigenvalue weighted by Gasteiger charge is 2.37. The molecule has 1 aromatic carbocycles. The molecule has 3 heterocycles. The number of nitriles is 1. The van der Waals surface area contributed by atoms with Crippen molar-refractivity contribution in [2.45, 2.75) is 31.9 Å². The summed E-state index contributed by atoms with van der Waals surface area (Å²) in [6.07, 6.45) is -8.51. The van der Waals surface area contributed by atoms with Gasteiger partial charge in [0.2, 0.25) is 5.95 Å². The van der Waals surface area contributed by atoms with E-state index in [-0.39, 0.29) is 18.2 Å². The Balaban J connectivity index is 1.63. The van der Waals surface area contributed by atoms with Crippen molar-refractivity contribution in [2.75, 3.05) is 31.2 Å². The van der Waals surface area contributed by atoms with Crippen molar-refractivity contribution < 1.29 is 31.1 Å². The largest absolute Gasteiger partial charge is 0.416 e. The molecule has 8 nitrogen and oxygen atoms in total. The van der Waals surface area contributed by atoms with Gasteiger partial charge in [-0.05, 0) is 42.8 Å². The van der Waals surface area contributed by atoms with Crippen molar-refractivity contribution in [3.8, 4) is 11.9 Å². The zero-order valence-electron chi connectivity index (χ0n) is 19.4. The van der Waals surface area contributed by atoms with E-state index in [1.807, 2.05) is 11.0 Å². The van der Waals surface area contributed by atoms with Crippen LogP contribution in [0, 0.1) is 11.3 Å². The van der Waals surface area contributed by atoms with Crippen LogP contribution in [0.25, 0.3) is 5.82 Å². The number of benzene rings is 1. The average Bonchev–Trinajstić information content (AvgIpc) is 3.32. The van der Waals surface area contributed by atoms with Crippen LogP contribution >= 0.6 is 0 Å². The molecule has 1 fully saturated rings. The first-order valence-corrected chi connectivity index (χ1v) is 11.1. The predicted octanol–water partition coefficient (Wildman–Crippen LogP) is 4.26. The van der Waals surface area contributed by atoms with Crippen molar-refractivity contribution in [1.82, 2.24) is 25.1 Å². The number of morpholine rings is 1. The third-order valence-electron chi connectivity index (χ3n) is 5.66. The van der Waals surface area contributed by atoms with Crippen LogP contribution in [-0.4, -0.2) is 46.1 Å². The Bertz CT molecular complexity index is 1240. The van der Waals surface area contributed by atoms with Crippen LogP contribution < -0.4 is 10.2 Å². The lowest BCUT2D eigenvalue weighted by atomic mass is 10.0. The first-order chi connectivity index (χ1) is 17.5.